The van der Waals surface area contributed by atoms with E-state index in [9.17, 15) is 19.5 Å². The van der Waals surface area contributed by atoms with Gasteiger partial charge >= 0.3 is 5.97 Å². The molecule has 1 aromatic heterocycles. The van der Waals surface area contributed by atoms with Crippen molar-refractivity contribution in [2.45, 2.75) is 42.1 Å². The average Bonchev–Trinajstić information content (AvgIpc) is 3.08. The second-order valence-electron chi connectivity index (χ2n) is 6.12. The van der Waals surface area contributed by atoms with E-state index in [2.05, 4.69) is 5.32 Å². The summed E-state index contributed by atoms with van der Waals surface area (Å²) in [6.07, 6.45) is 0. The molecular weight excluding hydrogens is 338 g/mol. The van der Waals surface area contributed by atoms with E-state index in [1.807, 2.05) is 5.38 Å². The van der Waals surface area contributed by atoms with Crippen LogP contribution in [0.25, 0.3) is 0 Å². The van der Waals surface area contributed by atoms with E-state index in [-0.39, 0.29) is 11.3 Å². The molecule has 0 aromatic carbocycles. The van der Waals surface area contributed by atoms with Crippen LogP contribution in [-0.4, -0.2) is 50.0 Å². The zero-order valence-electron chi connectivity index (χ0n) is 12.6. The highest BCUT2D eigenvalue weighted by Gasteiger charge is 2.64. The van der Waals surface area contributed by atoms with Gasteiger partial charge in [0.1, 0.15) is 23.5 Å². The maximum atomic E-state index is 12.3. The van der Waals surface area contributed by atoms with Crippen LogP contribution >= 0.6 is 23.1 Å². The number of amides is 2. The third kappa shape index (κ3) is 2.52. The molecule has 0 saturated carbocycles. The van der Waals surface area contributed by atoms with Gasteiger partial charge in [-0.05, 0) is 36.2 Å². The van der Waals surface area contributed by atoms with E-state index >= 15 is 0 Å². The van der Waals surface area contributed by atoms with Crippen molar-refractivity contribution in [2.75, 3.05) is 0 Å². The predicted octanol–water partition coefficient (Wildman–Crippen LogP) is 0.380. The lowest BCUT2D eigenvalue weighted by molar-refractivity contribution is -0.161. The average molecular weight is 355 g/mol. The molecular formula is C14H17N3O4S2. The van der Waals surface area contributed by atoms with Crippen molar-refractivity contribution in [2.24, 2.45) is 5.73 Å². The summed E-state index contributed by atoms with van der Waals surface area (Å²) in [5.41, 5.74) is 6.58. The van der Waals surface area contributed by atoms with Crippen molar-refractivity contribution in [1.29, 1.82) is 0 Å². The Kier molecular flexibility index (Phi) is 3.89. The Morgan fingerprint density at radius 3 is 2.74 bits per heavy atom. The van der Waals surface area contributed by atoms with Crippen LogP contribution in [0, 0.1) is 0 Å². The highest BCUT2D eigenvalue weighted by molar-refractivity contribution is 8.01. The van der Waals surface area contributed by atoms with Crippen LogP contribution in [0.15, 0.2) is 16.8 Å². The normalized spacial score (nSPS) is 29.6. The number of hydrogen-bond donors (Lipinski definition) is 3. The van der Waals surface area contributed by atoms with E-state index in [4.69, 9.17) is 5.73 Å². The van der Waals surface area contributed by atoms with E-state index in [1.165, 1.54) is 28.0 Å². The summed E-state index contributed by atoms with van der Waals surface area (Å²) >= 11 is 2.83. The van der Waals surface area contributed by atoms with Gasteiger partial charge in [-0.25, -0.2) is 4.79 Å². The van der Waals surface area contributed by atoms with E-state index in [0.717, 1.165) is 0 Å². The first-order valence-corrected chi connectivity index (χ1v) is 8.87. The summed E-state index contributed by atoms with van der Waals surface area (Å²) in [7, 11) is 0. The molecule has 7 nitrogen and oxygen atoms in total. The largest absolute Gasteiger partial charge is 0.480 e. The number of aliphatic carboxylic acids is 1. The molecule has 0 spiro atoms. The number of thioether (sulfide) groups is 1. The number of β-lactam (4-membered cyclic amide) rings is 1. The maximum Gasteiger partial charge on any atom is 0.327 e. The Hall–Kier alpha value is -1.58. The smallest absolute Gasteiger partial charge is 0.327 e. The molecule has 124 valence electrons. The first-order valence-electron chi connectivity index (χ1n) is 7.05. The van der Waals surface area contributed by atoms with Gasteiger partial charge in [-0.1, -0.05) is 0 Å². The molecule has 0 radical (unpaired) electrons. The number of carboxylic acids is 1. The molecule has 4 N–H and O–H groups in total. The van der Waals surface area contributed by atoms with E-state index < -0.39 is 34.7 Å². The van der Waals surface area contributed by atoms with E-state index in [0.29, 0.717) is 5.56 Å². The number of hydrogen-bond acceptors (Lipinski definition) is 6. The molecule has 2 amide bonds. The molecule has 3 heterocycles. The molecule has 0 aliphatic carbocycles. The van der Waals surface area contributed by atoms with Crippen LogP contribution in [0.4, 0.5) is 0 Å². The number of carboxylic acid groups (broad SMARTS) is 1. The number of thiophene rings is 1. The van der Waals surface area contributed by atoms with Gasteiger partial charge in [0.15, 0.2) is 0 Å². The Labute approximate surface area is 141 Å². The van der Waals surface area contributed by atoms with Crippen molar-refractivity contribution < 1.29 is 19.5 Å². The molecule has 2 saturated heterocycles. The van der Waals surface area contributed by atoms with Crippen LogP contribution in [0.1, 0.15) is 25.5 Å². The molecule has 2 fully saturated rings. The zero-order valence-corrected chi connectivity index (χ0v) is 14.2. The monoisotopic (exact) mass is 355 g/mol. The second-order valence-corrected chi connectivity index (χ2v) is 8.67. The fraction of sp³-hybridized carbons (Fsp3) is 0.500. The number of carbonyl (C=O) groups is 3. The first-order chi connectivity index (χ1) is 10.7. The third-order valence-electron chi connectivity index (χ3n) is 4.16. The first kappa shape index (κ1) is 16.3. The van der Waals surface area contributed by atoms with Gasteiger partial charge in [0, 0.05) is 4.75 Å². The molecule has 9 heteroatoms. The van der Waals surface area contributed by atoms with Crippen LogP contribution in [0.5, 0.6) is 0 Å². The predicted molar refractivity (Wildman–Crippen MR) is 86.9 cm³/mol. The lowest BCUT2D eigenvalue weighted by Gasteiger charge is -2.43. The molecule has 2 aliphatic heterocycles. The number of rotatable bonds is 4. The molecule has 1 unspecified atom stereocenters. The summed E-state index contributed by atoms with van der Waals surface area (Å²) in [6.45, 7) is 3.58. The Bertz CT molecular complexity index is 661. The van der Waals surface area contributed by atoms with Crippen molar-refractivity contribution in [3.05, 3.63) is 22.4 Å². The summed E-state index contributed by atoms with van der Waals surface area (Å²) in [5, 5.41) is 15.3. The molecule has 4 atom stereocenters. The van der Waals surface area contributed by atoms with Crippen LogP contribution in [0.2, 0.25) is 0 Å². The fourth-order valence-electron chi connectivity index (χ4n) is 2.99. The number of nitrogens with two attached hydrogens (primary N) is 1. The van der Waals surface area contributed by atoms with Gasteiger partial charge < -0.3 is 21.1 Å². The SMILES string of the molecule is CC1(C)S[C@@H]2[C@H](NC(=O)C(N)c3ccsc3)C(=O)N2[C@H]1C(=O)O. The maximum absolute atomic E-state index is 12.3. The summed E-state index contributed by atoms with van der Waals surface area (Å²) < 4.78 is -0.610. The van der Waals surface area contributed by atoms with Crippen molar-refractivity contribution in [1.82, 2.24) is 10.2 Å². The van der Waals surface area contributed by atoms with Crippen LogP contribution in [-0.2, 0) is 14.4 Å². The Morgan fingerprint density at radius 2 is 2.17 bits per heavy atom. The number of nitrogens with zero attached hydrogens (tertiary/aromatic N) is 1. The molecule has 0 bridgehead atoms. The van der Waals surface area contributed by atoms with Gasteiger partial charge in [0.2, 0.25) is 11.8 Å². The minimum absolute atomic E-state index is 0.364. The van der Waals surface area contributed by atoms with Gasteiger partial charge in [0.05, 0.1) is 0 Å². The Morgan fingerprint density at radius 1 is 1.48 bits per heavy atom. The van der Waals surface area contributed by atoms with E-state index in [1.54, 1.807) is 25.3 Å². The summed E-state index contributed by atoms with van der Waals surface area (Å²) in [6, 6.07) is -0.681. The fourth-order valence-corrected chi connectivity index (χ4v) is 5.31. The lowest BCUT2D eigenvalue weighted by atomic mass is 9.96. The van der Waals surface area contributed by atoms with Gasteiger partial charge in [-0.3, -0.25) is 9.59 Å². The zero-order chi connectivity index (χ0) is 16.9. The van der Waals surface area contributed by atoms with Crippen LogP contribution < -0.4 is 11.1 Å². The molecule has 1 aromatic rings. The second kappa shape index (κ2) is 5.50. The van der Waals surface area contributed by atoms with Gasteiger partial charge in [0.25, 0.3) is 0 Å². The topological polar surface area (TPSA) is 113 Å². The Balaban J connectivity index is 1.71. The summed E-state index contributed by atoms with van der Waals surface area (Å²) in [5.74, 6) is -1.83. The van der Waals surface area contributed by atoms with Crippen molar-refractivity contribution in [3.63, 3.8) is 0 Å². The highest BCUT2D eigenvalue weighted by Crippen LogP contribution is 2.50. The number of fused-ring (bicyclic) bond motifs is 1. The van der Waals surface area contributed by atoms with Crippen molar-refractivity contribution >= 4 is 40.9 Å². The third-order valence-corrected chi connectivity index (χ3v) is 6.43. The molecule has 2 aliphatic rings. The number of carbonyl (C=O) groups excluding carboxylic acids is 2. The van der Waals surface area contributed by atoms with Gasteiger partial charge in [-0.2, -0.15) is 11.3 Å². The van der Waals surface area contributed by atoms with Crippen LogP contribution in [0.3, 0.4) is 0 Å². The standard InChI is InChI=1S/C14H17N3O4S2/c1-14(2)9(13(20)21)17-11(19)8(12(17)23-14)16-10(18)7(15)6-3-4-22-5-6/h3-5,7-9,12H,15H2,1-2H3,(H,16,18)(H,20,21)/t7?,8-,9+,12-/m1/s1. The molecule has 3 rings (SSSR count). The van der Waals surface area contributed by atoms with Gasteiger partial charge in [-0.15, -0.1) is 11.8 Å². The minimum atomic E-state index is -1.03. The van der Waals surface area contributed by atoms with Crippen molar-refractivity contribution in [3.8, 4) is 0 Å². The molecule has 23 heavy (non-hydrogen) atoms. The number of nitrogens with one attached hydrogen (secondary N) is 1. The quantitative estimate of drug-likeness (QED) is 0.673. The summed E-state index contributed by atoms with van der Waals surface area (Å²) in [4.78, 5) is 37.3. The lowest BCUT2D eigenvalue weighted by Crippen LogP contribution is -2.71. The highest BCUT2D eigenvalue weighted by atomic mass is 32.2. The minimum Gasteiger partial charge on any atom is -0.480 e.